The minimum atomic E-state index is -0.165. The number of carbonyl (C=O) groups is 1. The Morgan fingerprint density at radius 2 is 1.95 bits per heavy atom. The van der Waals surface area contributed by atoms with Crippen LogP contribution in [0.4, 0.5) is 5.69 Å². The third-order valence-corrected chi connectivity index (χ3v) is 3.30. The van der Waals surface area contributed by atoms with Gasteiger partial charge >= 0.3 is 0 Å². The molecule has 0 aliphatic heterocycles. The molecule has 1 amide bonds. The average Bonchev–Trinajstić information content (AvgIpc) is 2.57. The predicted octanol–water partition coefficient (Wildman–Crippen LogP) is 4.29. The van der Waals surface area contributed by atoms with Crippen LogP contribution in [0.25, 0.3) is 0 Å². The minimum absolute atomic E-state index is 0.165. The molecule has 0 fully saturated rings. The molecule has 2 rings (SSSR count). The number of anilines is 1. The highest BCUT2D eigenvalue weighted by atomic mass is 16.5. The molecule has 0 atom stereocenters. The Morgan fingerprint density at radius 1 is 1.14 bits per heavy atom. The predicted molar refractivity (Wildman–Crippen MR) is 88.3 cm³/mol. The average molecular weight is 298 g/mol. The summed E-state index contributed by atoms with van der Waals surface area (Å²) in [5.74, 6) is 0.664. The van der Waals surface area contributed by atoms with Crippen LogP contribution in [-0.2, 0) is 0 Å². The molecule has 0 unspecified atom stereocenters. The molecular weight excluding hydrogens is 276 g/mol. The zero-order chi connectivity index (χ0) is 15.6. The van der Waals surface area contributed by atoms with Crippen molar-refractivity contribution in [2.75, 3.05) is 11.9 Å². The number of amides is 1. The summed E-state index contributed by atoms with van der Waals surface area (Å²) in [7, 11) is 0. The van der Waals surface area contributed by atoms with E-state index in [1.54, 1.807) is 24.5 Å². The van der Waals surface area contributed by atoms with E-state index < -0.39 is 0 Å². The molecule has 1 aromatic heterocycles. The van der Waals surface area contributed by atoms with E-state index in [4.69, 9.17) is 4.74 Å². The van der Waals surface area contributed by atoms with Crippen molar-refractivity contribution < 1.29 is 9.53 Å². The minimum Gasteiger partial charge on any atom is -0.494 e. The van der Waals surface area contributed by atoms with Crippen LogP contribution in [0.2, 0.25) is 0 Å². The number of benzene rings is 1. The zero-order valence-corrected chi connectivity index (χ0v) is 12.9. The Balaban J connectivity index is 1.80. The molecule has 0 saturated carbocycles. The van der Waals surface area contributed by atoms with Gasteiger partial charge < -0.3 is 10.1 Å². The first kappa shape index (κ1) is 16.0. The largest absolute Gasteiger partial charge is 0.494 e. The van der Waals surface area contributed by atoms with Crippen molar-refractivity contribution in [3.8, 4) is 5.75 Å². The summed E-state index contributed by atoms with van der Waals surface area (Å²) in [6, 6.07) is 10.9. The summed E-state index contributed by atoms with van der Waals surface area (Å²) in [4.78, 5) is 15.9. The second-order valence-corrected chi connectivity index (χ2v) is 5.13. The Hall–Kier alpha value is -2.36. The van der Waals surface area contributed by atoms with E-state index >= 15 is 0 Å². The van der Waals surface area contributed by atoms with Crippen LogP contribution >= 0.6 is 0 Å². The lowest BCUT2D eigenvalue weighted by molar-refractivity contribution is 0.102. The van der Waals surface area contributed by atoms with Gasteiger partial charge in [-0.05, 0) is 42.8 Å². The number of hydrogen-bond acceptors (Lipinski definition) is 3. The molecule has 0 spiro atoms. The van der Waals surface area contributed by atoms with Crippen LogP contribution in [0, 0.1) is 0 Å². The highest BCUT2D eigenvalue weighted by Crippen LogP contribution is 2.17. The van der Waals surface area contributed by atoms with Gasteiger partial charge in [0.1, 0.15) is 5.75 Å². The third-order valence-electron chi connectivity index (χ3n) is 3.30. The normalized spacial score (nSPS) is 10.2. The maximum absolute atomic E-state index is 12.0. The summed E-state index contributed by atoms with van der Waals surface area (Å²) in [5, 5.41) is 2.83. The molecule has 0 aliphatic rings. The molecule has 0 radical (unpaired) electrons. The van der Waals surface area contributed by atoms with Gasteiger partial charge in [-0.15, -0.1) is 0 Å². The number of pyridine rings is 1. The monoisotopic (exact) mass is 298 g/mol. The van der Waals surface area contributed by atoms with Gasteiger partial charge in [-0.3, -0.25) is 9.78 Å². The second kappa shape index (κ2) is 8.82. The van der Waals surface area contributed by atoms with Crippen molar-refractivity contribution >= 4 is 11.6 Å². The van der Waals surface area contributed by atoms with Gasteiger partial charge in [-0.1, -0.05) is 26.2 Å². The van der Waals surface area contributed by atoms with Gasteiger partial charge in [0.2, 0.25) is 0 Å². The van der Waals surface area contributed by atoms with E-state index in [0.29, 0.717) is 5.56 Å². The van der Waals surface area contributed by atoms with Gasteiger partial charge in [-0.2, -0.15) is 0 Å². The Kier molecular flexibility index (Phi) is 6.42. The number of nitrogens with one attached hydrogen (secondary N) is 1. The maximum Gasteiger partial charge on any atom is 0.257 e. The van der Waals surface area contributed by atoms with E-state index in [-0.39, 0.29) is 5.91 Å². The molecule has 4 nitrogen and oxygen atoms in total. The van der Waals surface area contributed by atoms with Crippen LogP contribution in [0.1, 0.15) is 43.0 Å². The van der Waals surface area contributed by atoms with Crippen molar-refractivity contribution in [1.82, 2.24) is 4.98 Å². The lowest BCUT2D eigenvalue weighted by atomic mass is 10.2. The summed E-state index contributed by atoms with van der Waals surface area (Å²) < 4.78 is 5.67. The number of carbonyl (C=O) groups excluding carboxylic acids is 1. The Morgan fingerprint density at radius 3 is 2.64 bits per heavy atom. The quantitative estimate of drug-likeness (QED) is 0.739. The molecule has 4 heteroatoms. The molecule has 0 aliphatic carbocycles. The van der Waals surface area contributed by atoms with E-state index in [1.807, 2.05) is 24.3 Å². The molecule has 0 saturated heterocycles. The van der Waals surface area contributed by atoms with Crippen LogP contribution < -0.4 is 10.1 Å². The van der Waals surface area contributed by atoms with Gasteiger partial charge in [0.15, 0.2) is 0 Å². The van der Waals surface area contributed by atoms with Crippen molar-refractivity contribution in [2.24, 2.45) is 0 Å². The van der Waals surface area contributed by atoms with E-state index in [9.17, 15) is 4.79 Å². The summed E-state index contributed by atoms with van der Waals surface area (Å²) in [6.07, 6.45) is 7.95. The maximum atomic E-state index is 12.0. The SMILES string of the molecule is CCCCCCOc1ccc(NC(=O)c2cccnc2)cc1. The number of ether oxygens (including phenoxy) is 1. The Bertz CT molecular complexity index is 567. The third kappa shape index (κ3) is 5.20. The Labute approximate surface area is 131 Å². The molecule has 1 heterocycles. The first-order chi connectivity index (χ1) is 10.8. The topological polar surface area (TPSA) is 51.2 Å². The molecule has 116 valence electrons. The number of hydrogen-bond donors (Lipinski definition) is 1. The fraction of sp³-hybridized carbons (Fsp3) is 0.333. The van der Waals surface area contributed by atoms with Crippen LogP contribution in [0.5, 0.6) is 5.75 Å². The second-order valence-electron chi connectivity index (χ2n) is 5.13. The summed E-state index contributed by atoms with van der Waals surface area (Å²) in [5.41, 5.74) is 1.28. The smallest absolute Gasteiger partial charge is 0.257 e. The number of nitrogens with zero attached hydrogens (tertiary/aromatic N) is 1. The highest BCUT2D eigenvalue weighted by Gasteiger charge is 2.05. The standard InChI is InChI=1S/C18H22N2O2/c1-2-3-4-5-13-22-17-10-8-16(9-11-17)20-18(21)15-7-6-12-19-14-15/h6-12,14H,2-5,13H2,1H3,(H,20,21). The van der Waals surface area contributed by atoms with Gasteiger partial charge in [0.25, 0.3) is 5.91 Å². The number of aromatic nitrogens is 1. The summed E-state index contributed by atoms with van der Waals surface area (Å²) in [6.45, 7) is 2.93. The van der Waals surface area contributed by atoms with Crippen molar-refractivity contribution in [3.05, 3.63) is 54.4 Å². The van der Waals surface area contributed by atoms with Crippen molar-refractivity contribution in [3.63, 3.8) is 0 Å². The molecule has 1 aromatic carbocycles. The highest BCUT2D eigenvalue weighted by molar-refractivity contribution is 6.04. The first-order valence-corrected chi connectivity index (χ1v) is 7.74. The molecule has 0 bridgehead atoms. The summed E-state index contributed by atoms with van der Waals surface area (Å²) >= 11 is 0. The first-order valence-electron chi connectivity index (χ1n) is 7.74. The number of rotatable bonds is 8. The lowest BCUT2D eigenvalue weighted by Gasteiger charge is -2.08. The van der Waals surface area contributed by atoms with Gasteiger partial charge in [-0.25, -0.2) is 0 Å². The lowest BCUT2D eigenvalue weighted by Crippen LogP contribution is -2.11. The number of unbranched alkanes of at least 4 members (excludes halogenated alkanes) is 3. The van der Waals surface area contributed by atoms with Crippen molar-refractivity contribution in [2.45, 2.75) is 32.6 Å². The fourth-order valence-electron chi connectivity index (χ4n) is 2.05. The van der Waals surface area contributed by atoms with Crippen LogP contribution in [0.3, 0.4) is 0 Å². The zero-order valence-electron chi connectivity index (χ0n) is 12.9. The molecule has 22 heavy (non-hydrogen) atoms. The van der Waals surface area contributed by atoms with Crippen molar-refractivity contribution in [1.29, 1.82) is 0 Å². The van der Waals surface area contributed by atoms with Crippen LogP contribution in [-0.4, -0.2) is 17.5 Å². The van der Waals surface area contributed by atoms with Gasteiger partial charge in [0, 0.05) is 18.1 Å². The fourth-order valence-corrected chi connectivity index (χ4v) is 2.05. The molecule has 2 aromatic rings. The van der Waals surface area contributed by atoms with E-state index in [2.05, 4.69) is 17.2 Å². The van der Waals surface area contributed by atoms with Gasteiger partial charge in [0.05, 0.1) is 12.2 Å². The van der Waals surface area contributed by atoms with E-state index in [0.717, 1.165) is 24.5 Å². The molecular formula is C18H22N2O2. The molecule has 1 N–H and O–H groups in total. The van der Waals surface area contributed by atoms with Crippen LogP contribution in [0.15, 0.2) is 48.8 Å². The van der Waals surface area contributed by atoms with E-state index in [1.165, 1.54) is 19.3 Å².